The van der Waals surface area contributed by atoms with Gasteiger partial charge in [-0.05, 0) is 42.9 Å². The minimum Gasteiger partial charge on any atom is -0.350 e. The fraction of sp³-hybridized carbons (Fsp3) is 0.375. The molecule has 0 radical (unpaired) electrons. The Morgan fingerprint density at radius 3 is 2.66 bits per heavy atom. The Balaban J connectivity index is 1.26. The van der Waals surface area contributed by atoms with E-state index in [9.17, 15) is 4.79 Å². The first-order valence-electron chi connectivity index (χ1n) is 11.1. The molecule has 0 atom stereocenters. The Bertz CT molecular complexity index is 1170. The summed E-state index contributed by atoms with van der Waals surface area (Å²) in [5, 5.41) is 22.2. The Kier molecular flexibility index (Phi) is 7.21. The molecule has 1 aromatic carbocycles. The quantitative estimate of drug-likeness (QED) is 0.352. The number of H-pyrrole nitrogens is 1. The third kappa shape index (κ3) is 5.97. The lowest BCUT2D eigenvalue weighted by molar-refractivity contribution is 0.0948. The first kappa shape index (κ1) is 22.1. The van der Waals surface area contributed by atoms with Crippen molar-refractivity contribution in [2.75, 3.05) is 6.54 Å². The van der Waals surface area contributed by atoms with Gasteiger partial charge >= 0.3 is 0 Å². The number of hydrogen-bond acceptors (Lipinski definition) is 6. The number of aryl methyl sites for hydroxylation is 2. The lowest BCUT2D eigenvalue weighted by atomic mass is 10.1. The first-order chi connectivity index (χ1) is 15.6. The number of fused-ring (bicyclic) bond motifs is 1. The molecular formula is C24H28N6OS. The number of aromatic amines is 1. The number of amides is 1. The summed E-state index contributed by atoms with van der Waals surface area (Å²) in [5.74, 6) is 0.277. The molecule has 3 aromatic heterocycles. The zero-order chi connectivity index (χ0) is 22.3. The Labute approximate surface area is 191 Å². The minimum absolute atomic E-state index is 0.135. The second-order valence-electron chi connectivity index (χ2n) is 8.41. The van der Waals surface area contributed by atoms with Crippen molar-refractivity contribution in [2.24, 2.45) is 5.92 Å². The summed E-state index contributed by atoms with van der Waals surface area (Å²) in [4.78, 5) is 15.4. The SMILES string of the molecule is CC(C)CNC(=O)c1nnc(CCCCc2cc3cc(Cc4ccccc4)[nH]c3nn2)s1. The maximum absolute atomic E-state index is 12.1. The molecule has 0 aliphatic heterocycles. The van der Waals surface area contributed by atoms with Crippen LogP contribution in [0, 0.1) is 5.92 Å². The number of rotatable bonds is 10. The van der Waals surface area contributed by atoms with Crippen LogP contribution in [0.4, 0.5) is 0 Å². The predicted molar refractivity (Wildman–Crippen MR) is 127 cm³/mol. The summed E-state index contributed by atoms with van der Waals surface area (Å²) in [5.41, 5.74) is 4.23. The van der Waals surface area contributed by atoms with Crippen LogP contribution in [0.2, 0.25) is 0 Å². The second kappa shape index (κ2) is 10.5. The van der Waals surface area contributed by atoms with E-state index in [4.69, 9.17) is 0 Å². The van der Waals surface area contributed by atoms with E-state index < -0.39 is 0 Å². The lowest BCUT2D eigenvalue weighted by Gasteiger charge is -2.04. The molecular weight excluding hydrogens is 420 g/mol. The van der Waals surface area contributed by atoms with Crippen molar-refractivity contribution in [1.29, 1.82) is 0 Å². The van der Waals surface area contributed by atoms with E-state index in [-0.39, 0.29) is 5.91 Å². The number of nitrogens with one attached hydrogen (secondary N) is 2. The molecule has 0 aliphatic rings. The van der Waals surface area contributed by atoms with Gasteiger partial charge in [0.2, 0.25) is 5.01 Å². The van der Waals surface area contributed by atoms with Crippen molar-refractivity contribution in [2.45, 2.75) is 46.0 Å². The van der Waals surface area contributed by atoms with Crippen LogP contribution < -0.4 is 5.32 Å². The average molecular weight is 449 g/mol. The molecule has 4 rings (SSSR count). The van der Waals surface area contributed by atoms with Gasteiger partial charge in [0.15, 0.2) is 5.65 Å². The largest absolute Gasteiger partial charge is 0.350 e. The molecule has 0 saturated heterocycles. The number of hydrogen-bond donors (Lipinski definition) is 2. The molecule has 32 heavy (non-hydrogen) atoms. The average Bonchev–Trinajstić information content (AvgIpc) is 3.42. The van der Waals surface area contributed by atoms with Gasteiger partial charge in [-0.1, -0.05) is 55.5 Å². The smallest absolute Gasteiger partial charge is 0.282 e. The van der Waals surface area contributed by atoms with Crippen LogP contribution in [0.5, 0.6) is 0 Å². The van der Waals surface area contributed by atoms with Crippen molar-refractivity contribution in [3.63, 3.8) is 0 Å². The molecule has 2 N–H and O–H groups in total. The summed E-state index contributed by atoms with van der Waals surface area (Å²) >= 11 is 1.38. The molecule has 8 heteroatoms. The van der Waals surface area contributed by atoms with E-state index in [1.807, 2.05) is 6.07 Å². The van der Waals surface area contributed by atoms with Gasteiger partial charge in [0.05, 0.1) is 5.69 Å². The number of unbranched alkanes of at least 4 members (excludes halogenated alkanes) is 1. The van der Waals surface area contributed by atoms with Crippen LogP contribution in [-0.2, 0) is 19.3 Å². The van der Waals surface area contributed by atoms with Crippen LogP contribution in [0.25, 0.3) is 11.0 Å². The maximum atomic E-state index is 12.1. The zero-order valence-electron chi connectivity index (χ0n) is 18.5. The van der Waals surface area contributed by atoms with Crippen molar-refractivity contribution in [1.82, 2.24) is 30.7 Å². The lowest BCUT2D eigenvalue weighted by Crippen LogP contribution is -2.27. The van der Waals surface area contributed by atoms with Crippen molar-refractivity contribution >= 4 is 28.3 Å². The highest BCUT2D eigenvalue weighted by Gasteiger charge is 2.13. The third-order valence-electron chi connectivity index (χ3n) is 5.13. The molecule has 3 heterocycles. The molecule has 0 bridgehead atoms. The summed E-state index contributed by atoms with van der Waals surface area (Å²) in [6.07, 6.45) is 4.48. The van der Waals surface area contributed by atoms with E-state index in [0.29, 0.717) is 17.5 Å². The van der Waals surface area contributed by atoms with Gasteiger partial charge in [0.1, 0.15) is 5.01 Å². The molecule has 0 aliphatic carbocycles. The van der Waals surface area contributed by atoms with E-state index in [1.54, 1.807) is 0 Å². The van der Waals surface area contributed by atoms with Crippen LogP contribution in [0.3, 0.4) is 0 Å². The third-order valence-corrected chi connectivity index (χ3v) is 6.11. The van der Waals surface area contributed by atoms with Crippen LogP contribution in [-0.4, -0.2) is 37.8 Å². The highest BCUT2D eigenvalue weighted by Crippen LogP contribution is 2.18. The van der Waals surface area contributed by atoms with Crippen LogP contribution in [0.15, 0.2) is 42.5 Å². The van der Waals surface area contributed by atoms with Gasteiger partial charge in [0.25, 0.3) is 5.91 Å². The Hall–Kier alpha value is -3.13. The van der Waals surface area contributed by atoms with Crippen molar-refractivity contribution in [3.8, 4) is 0 Å². The molecule has 0 spiro atoms. The number of benzene rings is 1. The number of aromatic nitrogens is 5. The number of carbonyl (C=O) groups excluding carboxylic acids is 1. The van der Waals surface area contributed by atoms with Gasteiger partial charge in [-0.3, -0.25) is 4.79 Å². The molecule has 7 nitrogen and oxygen atoms in total. The highest BCUT2D eigenvalue weighted by molar-refractivity contribution is 7.13. The van der Waals surface area contributed by atoms with Gasteiger partial charge in [0, 0.05) is 30.5 Å². The normalized spacial score (nSPS) is 11.3. The topological polar surface area (TPSA) is 96.5 Å². The highest BCUT2D eigenvalue weighted by atomic mass is 32.1. The Morgan fingerprint density at radius 1 is 1.03 bits per heavy atom. The fourth-order valence-corrected chi connectivity index (χ4v) is 4.26. The second-order valence-corrected chi connectivity index (χ2v) is 9.47. The summed E-state index contributed by atoms with van der Waals surface area (Å²) in [6.45, 7) is 4.77. The van der Waals surface area contributed by atoms with E-state index >= 15 is 0 Å². The van der Waals surface area contributed by atoms with Crippen LogP contribution in [0.1, 0.15) is 58.5 Å². The van der Waals surface area contributed by atoms with E-state index in [2.05, 4.69) is 80.9 Å². The van der Waals surface area contributed by atoms with E-state index in [0.717, 1.165) is 59.5 Å². The number of carbonyl (C=O) groups is 1. The summed E-state index contributed by atoms with van der Waals surface area (Å²) in [6, 6.07) is 14.7. The molecule has 166 valence electrons. The summed E-state index contributed by atoms with van der Waals surface area (Å²) in [7, 11) is 0. The number of nitrogens with zero attached hydrogens (tertiary/aromatic N) is 4. The van der Waals surface area contributed by atoms with Gasteiger partial charge < -0.3 is 10.3 Å². The van der Waals surface area contributed by atoms with Gasteiger partial charge in [-0.25, -0.2) is 0 Å². The fourth-order valence-electron chi connectivity index (χ4n) is 3.47. The molecule has 1 amide bonds. The van der Waals surface area contributed by atoms with Crippen molar-refractivity contribution in [3.05, 3.63) is 69.4 Å². The molecule has 0 saturated carbocycles. The Morgan fingerprint density at radius 2 is 1.84 bits per heavy atom. The standard InChI is InChI=1S/C24H28N6OS/c1-16(2)15-25-23(31)24-30-28-21(32-24)11-7-6-10-19-13-18-14-20(26-22(18)29-27-19)12-17-8-4-3-5-9-17/h3-5,8-9,13-14,16H,6-7,10-12,15H2,1-2H3,(H,25,31)(H,26,29). The van der Waals surface area contributed by atoms with E-state index in [1.165, 1.54) is 16.9 Å². The van der Waals surface area contributed by atoms with Crippen LogP contribution >= 0.6 is 11.3 Å². The predicted octanol–water partition coefficient (Wildman–Crippen LogP) is 4.35. The maximum Gasteiger partial charge on any atom is 0.282 e. The zero-order valence-corrected chi connectivity index (χ0v) is 19.3. The van der Waals surface area contributed by atoms with Crippen molar-refractivity contribution < 1.29 is 4.79 Å². The molecule has 0 fully saturated rings. The first-order valence-corrected chi connectivity index (χ1v) is 11.9. The molecule has 4 aromatic rings. The monoisotopic (exact) mass is 448 g/mol. The van der Waals surface area contributed by atoms with Gasteiger partial charge in [-0.2, -0.15) is 5.10 Å². The minimum atomic E-state index is -0.135. The molecule has 0 unspecified atom stereocenters. The van der Waals surface area contributed by atoms with Gasteiger partial charge in [-0.15, -0.1) is 15.3 Å². The summed E-state index contributed by atoms with van der Waals surface area (Å²) < 4.78 is 0.